The van der Waals surface area contributed by atoms with Crippen LogP contribution < -0.4 is 5.32 Å². The van der Waals surface area contributed by atoms with Gasteiger partial charge in [-0.1, -0.05) is 344 Å². The molecule has 7 unspecified atom stereocenters. The summed E-state index contributed by atoms with van der Waals surface area (Å²) in [5.41, 5.74) is 0. The van der Waals surface area contributed by atoms with Crippen LogP contribution in [-0.4, -0.2) is 87.5 Å². The molecule has 1 aliphatic heterocycles. The van der Waals surface area contributed by atoms with Crippen LogP contribution in [0.2, 0.25) is 0 Å². The zero-order valence-electron chi connectivity index (χ0n) is 54.5. The van der Waals surface area contributed by atoms with Gasteiger partial charge in [-0.3, -0.25) is 4.79 Å². The Labute approximate surface area is 513 Å². The number of carbonyl (C=O) groups excluding carboxylic acids is 1. The summed E-state index contributed by atoms with van der Waals surface area (Å²) < 4.78 is 11.3. The molecule has 7 atom stereocenters. The molecule has 0 spiro atoms. The summed E-state index contributed by atoms with van der Waals surface area (Å²) in [6, 6.07) is -0.807. The predicted octanol–water partition coefficient (Wildman–Crippen LogP) is 19.8. The van der Waals surface area contributed by atoms with E-state index in [-0.39, 0.29) is 12.5 Å². The maximum atomic E-state index is 13.1. The second-order valence-electron chi connectivity index (χ2n) is 25.0. The summed E-state index contributed by atoms with van der Waals surface area (Å²) in [5, 5.41) is 54.8. The number of nitrogens with one attached hydrogen (secondary N) is 1. The Kier molecular flexibility index (Phi) is 59.8. The molecule has 1 heterocycles. The van der Waals surface area contributed by atoms with E-state index in [1.165, 1.54) is 263 Å². The molecule has 1 saturated heterocycles. The van der Waals surface area contributed by atoms with Crippen molar-refractivity contribution in [3.63, 3.8) is 0 Å². The number of ether oxygens (including phenoxy) is 2. The van der Waals surface area contributed by atoms with Gasteiger partial charge in [0.25, 0.3) is 0 Å². The van der Waals surface area contributed by atoms with Crippen molar-refractivity contribution in [1.82, 2.24) is 5.32 Å². The van der Waals surface area contributed by atoms with Crippen LogP contribution in [-0.2, 0) is 14.3 Å². The van der Waals surface area contributed by atoms with Gasteiger partial charge >= 0.3 is 0 Å². The summed E-state index contributed by atoms with van der Waals surface area (Å²) in [7, 11) is 0. The summed E-state index contributed by atoms with van der Waals surface area (Å²) in [4.78, 5) is 13.1. The molecular weight excluding hydrogens is 1030 g/mol. The number of rotatable bonds is 63. The Balaban J connectivity index is 2.11. The van der Waals surface area contributed by atoms with Gasteiger partial charge in [-0.25, -0.2) is 0 Å². The van der Waals surface area contributed by atoms with Crippen LogP contribution in [0.15, 0.2) is 60.8 Å². The highest BCUT2D eigenvalue weighted by Gasteiger charge is 2.44. The largest absolute Gasteiger partial charge is 0.394 e. The van der Waals surface area contributed by atoms with Crippen LogP contribution in [0, 0.1) is 0 Å². The lowest BCUT2D eigenvalue weighted by Crippen LogP contribution is -2.60. The average molecular weight is 1170 g/mol. The number of aliphatic hydroxyl groups is 5. The molecule has 1 fully saturated rings. The number of amides is 1. The highest BCUT2D eigenvalue weighted by molar-refractivity contribution is 5.76. The van der Waals surface area contributed by atoms with Crippen molar-refractivity contribution in [3.8, 4) is 0 Å². The SMILES string of the molecule is CC/C=C\C/C=C\C/C=C\C/C=C\CCCCCCCCCCCCCCCCCCCCCCC(=O)NC(COC1OC(CO)C(O)C(O)C1O)C(O)/C=C/CCCCCCCCCCCCCCCCCCCCCCCCCCC. The Morgan fingerprint density at radius 2 is 0.747 bits per heavy atom. The van der Waals surface area contributed by atoms with Gasteiger partial charge in [-0.05, 0) is 57.8 Å². The van der Waals surface area contributed by atoms with E-state index >= 15 is 0 Å². The van der Waals surface area contributed by atoms with Gasteiger partial charge in [0.15, 0.2) is 6.29 Å². The van der Waals surface area contributed by atoms with Crippen LogP contribution in [0.4, 0.5) is 0 Å². The fraction of sp³-hybridized carbons (Fsp3) is 0.851. The third-order valence-electron chi connectivity index (χ3n) is 17.1. The average Bonchev–Trinajstić information content (AvgIpc) is 3.61. The number of hydrogen-bond donors (Lipinski definition) is 6. The third kappa shape index (κ3) is 51.6. The van der Waals surface area contributed by atoms with E-state index in [9.17, 15) is 30.3 Å². The van der Waals surface area contributed by atoms with Crippen molar-refractivity contribution in [1.29, 1.82) is 0 Å². The van der Waals surface area contributed by atoms with E-state index in [1.54, 1.807) is 6.08 Å². The van der Waals surface area contributed by atoms with Crippen molar-refractivity contribution in [2.45, 2.75) is 391 Å². The first-order valence-electron chi connectivity index (χ1n) is 36.0. The highest BCUT2D eigenvalue weighted by Crippen LogP contribution is 2.23. The fourth-order valence-electron chi connectivity index (χ4n) is 11.5. The maximum Gasteiger partial charge on any atom is 0.220 e. The van der Waals surface area contributed by atoms with Crippen LogP contribution in [0.1, 0.15) is 348 Å². The maximum absolute atomic E-state index is 13.1. The minimum atomic E-state index is -1.57. The van der Waals surface area contributed by atoms with Crippen LogP contribution >= 0.6 is 0 Å². The van der Waals surface area contributed by atoms with Crippen molar-refractivity contribution in [3.05, 3.63) is 60.8 Å². The highest BCUT2D eigenvalue weighted by atomic mass is 16.7. The molecule has 0 saturated carbocycles. The van der Waals surface area contributed by atoms with Crippen molar-refractivity contribution < 1.29 is 39.8 Å². The zero-order chi connectivity index (χ0) is 60.0. The Morgan fingerprint density at radius 1 is 0.422 bits per heavy atom. The lowest BCUT2D eigenvalue weighted by atomic mass is 9.99. The van der Waals surface area contributed by atoms with Gasteiger partial charge < -0.3 is 40.3 Å². The molecule has 0 radical (unpaired) electrons. The van der Waals surface area contributed by atoms with Crippen LogP contribution in [0.5, 0.6) is 0 Å². The van der Waals surface area contributed by atoms with Crippen LogP contribution in [0.3, 0.4) is 0 Å². The molecule has 6 N–H and O–H groups in total. The molecule has 0 aromatic rings. The number of allylic oxidation sites excluding steroid dienone is 9. The second kappa shape index (κ2) is 62.9. The first-order valence-corrected chi connectivity index (χ1v) is 36.0. The molecule has 9 heteroatoms. The zero-order valence-corrected chi connectivity index (χ0v) is 54.5. The Hall–Kier alpha value is -2.11. The van der Waals surface area contributed by atoms with Gasteiger partial charge in [0, 0.05) is 6.42 Å². The molecule has 486 valence electrons. The second-order valence-corrected chi connectivity index (χ2v) is 25.0. The van der Waals surface area contributed by atoms with E-state index < -0.39 is 49.5 Å². The van der Waals surface area contributed by atoms with Crippen molar-refractivity contribution >= 4 is 5.91 Å². The first kappa shape index (κ1) is 78.9. The smallest absolute Gasteiger partial charge is 0.220 e. The number of carbonyl (C=O) groups is 1. The normalized spacial score (nSPS) is 18.6. The van der Waals surface area contributed by atoms with Gasteiger partial charge in [0.2, 0.25) is 5.91 Å². The van der Waals surface area contributed by atoms with Gasteiger partial charge in [-0.2, -0.15) is 0 Å². The Bertz CT molecular complexity index is 1500. The van der Waals surface area contributed by atoms with E-state index in [0.717, 1.165) is 64.2 Å². The summed E-state index contributed by atoms with van der Waals surface area (Å²) in [5.74, 6) is -0.171. The minimum Gasteiger partial charge on any atom is -0.394 e. The summed E-state index contributed by atoms with van der Waals surface area (Å²) in [6.07, 6.45) is 80.5. The minimum absolute atomic E-state index is 0.171. The molecule has 1 aliphatic rings. The molecule has 1 rings (SSSR count). The van der Waals surface area contributed by atoms with E-state index in [1.807, 2.05) is 6.08 Å². The summed E-state index contributed by atoms with van der Waals surface area (Å²) in [6.45, 7) is 3.72. The summed E-state index contributed by atoms with van der Waals surface area (Å²) >= 11 is 0. The molecule has 0 bridgehead atoms. The lowest BCUT2D eigenvalue weighted by molar-refractivity contribution is -0.302. The first-order chi connectivity index (χ1) is 40.8. The monoisotopic (exact) mass is 1170 g/mol. The molecular formula is C74H137NO8. The molecule has 9 nitrogen and oxygen atoms in total. The van der Waals surface area contributed by atoms with E-state index in [4.69, 9.17) is 9.47 Å². The van der Waals surface area contributed by atoms with Gasteiger partial charge in [0.1, 0.15) is 24.4 Å². The van der Waals surface area contributed by atoms with Crippen LogP contribution in [0.25, 0.3) is 0 Å². The molecule has 0 aromatic carbocycles. The van der Waals surface area contributed by atoms with E-state index in [2.05, 4.69) is 67.8 Å². The topological polar surface area (TPSA) is 149 Å². The number of unbranched alkanes of at least 4 members (excludes halogenated alkanes) is 45. The van der Waals surface area contributed by atoms with Gasteiger partial charge in [-0.15, -0.1) is 0 Å². The lowest BCUT2D eigenvalue weighted by Gasteiger charge is -2.40. The quantitative estimate of drug-likeness (QED) is 0.0261. The molecule has 0 aromatic heterocycles. The molecule has 83 heavy (non-hydrogen) atoms. The van der Waals surface area contributed by atoms with Crippen molar-refractivity contribution in [2.24, 2.45) is 0 Å². The van der Waals surface area contributed by atoms with Gasteiger partial charge in [0.05, 0.1) is 25.4 Å². The molecule has 1 amide bonds. The number of aliphatic hydroxyl groups excluding tert-OH is 5. The van der Waals surface area contributed by atoms with Crippen molar-refractivity contribution in [2.75, 3.05) is 13.2 Å². The Morgan fingerprint density at radius 3 is 1.11 bits per heavy atom. The standard InChI is InChI=1S/C74H137NO8/c1-3-5-7-9-11-13-15-17-19-21-23-25-27-29-31-32-33-34-35-36-38-40-42-44-46-48-50-52-54-56-58-60-62-64-70(78)75-67(66-82-74-73(81)72(80)71(79)69(65-76)83-74)68(77)63-61-59-57-55-53-51-49-47-45-43-41-39-37-30-28-26-24-22-20-18-16-14-12-10-8-6-4-2/h5,7,11,13,17,19,23,25,61,63,67-69,71-74,76-77,79-81H,3-4,6,8-10,12,14-16,18,20-22,24,26-60,62,64-66H2,1-2H3,(H,75,78)/b7-5-,13-11-,19-17-,25-23-,63-61+. The third-order valence-corrected chi connectivity index (χ3v) is 17.1. The molecule has 0 aliphatic carbocycles. The number of hydrogen-bond acceptors (Lipinski definition) is 8. The predicted molar refractivity (Wildman–Crippen MR) is 355 cm³/mol. The van der Waals surface area contributed by atoms with E-state index in [0.29, 0.717) is 6.42 Å². The fourth-order valence-corrected chi connectivity index (χ4v) is 11.5.